The van der Waals surface area contributed by atoms with Gasteiger partial charge in [0, 0.05) is 72.0 Å². The van der Waals surface area contributed by atoms with Crippen molar-refractivity contribution >= 4 is 74.6 Å². The van der Waals surface area contributed by atoms with Gasteiger partial charge in [-0.1, -0.05) is 57.2 Å². The number of rotatable bonds is 15. The molecule has 19 nitrogen and oxygen atoms in total. The Bertz CT molecular complexity index is 3630. The number of thiophene rings is 1. The molecule has 2 unspecified atom stereocenters. The van der Waals surface area contributed by atoms with Gasteiger partial charge in [0.15, 0.2) is 11.6 Å². The van der Waals surface area contributed by atoms with Gasteiger partial charge in [0.05, 0.1) is 53.4 Å². The summed E-state index contributed by atoms with van der Waals surface area (Å²) in [5, 5.41) is 30.4. The van der Waals surface area contributed by atoms with Crippen LogP contribution in [0.3, 0.4) is 0 Å². The van der Waals surface area contributed by atoms with E-state index in [0.29, 0.717) is 41.9 Å². The van der Waals surface area contributed by atoms with Gasteiger partial charge in [0.1, 0.15) is 46.4 Å². The molecule has 3 aromatic carbocycles. The zero-order valence-electron chi connectivity index (χ0n) is 47.4. The van der Waals surface area contributed by atoms with Gasteiger partial charge in [-0.25, -0.2) is 4.98 Å². The minimum atomic E-state index is -1.06. The zero-order valence-corrected chi connectivity index (χ0v) is 49.1. The fourth-order valence-corrected chi connectivity index (χ4v) is 13.5. The first kappa shape index (κ1) is 56.1. The second kappa shape index (κ2) is 22.5. The highest BCUT2D eigenvalue weighted by Gasteiger charge is 2.45. The molecule has 7 heterocycles. The third kappa shape index (κ3) is 11.2. The van der Waals surface area contributed by atoms with Crippen LogP contribution in [0.25, 0.3) is 26.4 Å². The number of aliphatic hydroxyl groups is 1. The molecule has 21 heteroatoms. The fourth-order valence-electron chi connectivity index (χ4n) is 11.5. The van der Waals surface area contributed by atoms with E-state index in [2.05, 4.69) is 74.1 Å². The van der Waals surface area contributed by atoms with E-state index in [9.17, 15) is 29.1 Å². The number of methoxy groups -OCH3 is 1. The van der Waals surface area contributed by atoms with Crippen molar-refractivity contribution in [3.8, 4) is 21.2 Å². The number of fused-ring (bicyclic) bond motifs is 4. The normalized spacial score (nSPS) is 21.2. The lowest BCUT2D eigenvalue weighted by Crippen LogP contribution is -2.57. The smallest absolute Gasteiger partial charge is 0.308 e. The Labute approximate surface area is 483 Å². The number of benzene rings is 3. The standard InChI is InChI=1S/C61H68N10O9S2/c1-31-34(4)82-60-51(31)52(65-46(27-50(73)78-9)55-68-67-35(5)71(55)60)37-14-16-42(17-15-37)69-21-20-39(28-69)56(74)64-41-24-45(25-41)79-44-18-19-48-40(22-44)23-49(80-48)58(76)66-54(61(6,7)8)59(77)70-29-43(72)26-47(70)57(75)63-32(2)36-10-12-38(13-11-36)53-33(3)62-30-81-53/h10-19,22-23,30,32,39,41,43,45-47,54,72H,20-21,24-29H2,1-9H3,(H,63,75)(H,64,74)(H,66,76)/t32-,39?,41?,43+,45?,46-,47-,54?/m0/s1. The van der Waals surface area contributed by atoms with E-state index in [1.54, 1.807) is 46.9 Å². The van der Waals surface area contributed by atoms with Crippen LogP contribution < -0.4 is 25.6 Å². The molecule has 4 aliphatic rings. The molecule has 4 aromatic heterocycles. The van der Waals surface area contributed by atoms with Crippen LogP contribution in [0.4, 0.5) is 5.69 Å². The Morgan fingerprint density at radius 1 is 0.890 bits per heavy atom. The molecule has 2 saturated heterocycles. The lowest BCUT2D eigenvalue weighted by atomic mass is 9.85. The summed E-state index contributed by atoms with van der Waals surface area (Å²) in [6, 6.07) is 20.1. The van der Waals surface area contributed by atoms with Gasteiger partial charge in [-0.05, 0) is 99.5 Å². The average Bonchev–Trinajstić information content (AvgIpc) is 2.99. The van der Waals surface area contributed by atoms with Crippen molar-refractivity contribution in [1.29, 1.82) is 0 Å². The number of nitrogens with zero attached hydrogens (tertiary/aromatic N) is 7. The maximum atomic E-state index is 14.4. The van der Waals surface area contributed by atoms with E-state index in [1.807, 2.05) is 75.9 Å². The zero-order chi connectivity index (χ0) is 57.9. The summed E-state index contributed by atoms with van der Waals surface area (Å²) in [6.07, 6.45) is 1.08. The molecular weight excluding hydrogens is 1080 g/mol. The van der Waals surface area contributed by atoms with Crippen molar-refractivity contribution in [3.05, 3.63) is 129 Å². The second-order valence-electron chi connectivity index (χ2n) is 23.2. The molecule has 82 heavy (non-hydrogen) atoms. The number of aryl methyl sites for hydroxylation is 3. The minimum absolute atomic E-state index is 0.00533. The maximum Gasteiger partial charge on any atom is 0.308 e. The molecule has 3 aliphatic heterocycles. The Morgan fingerprint density at radius 3 is 2.34 bits per heavy atom. The minimum Gasteiger partial charge on any atom is -0.490 e. The number of aliphatic imine (C=N–C) groups is 1. The molecule has 11 rings (SSSR count). The third-order valence-electron chi connectivity index (χ3n) is 16.4. The first-order valence-electron chi connectivity index (χ1n) is 27.8. The van der Waals surface area contributed by atoms with Gasteiger partial charge in [-0.2, -0.15) is 0 Å². The highest BCUT2D eigenvalue weighted by molar-refractivity contribution is 7.15. The lowest BCUT2D eigenvalue weighted by molar-refractivity contribution is -0.142. The highest BCUT2D eigenvalue weighted by atomic mass is 32.1. The largest absolute Gasteiger partial charge is 0.490 e. The number of furan rings is 1. The van der Waals surface area contributed by atoms with Crippen LogP contribution >= 0.6 is 22.7 Å². The number of thiazole rings is 1. The van der Waals surface area contributed by atoms with Crippen LogP contribution in [0, 0.1) is 39.0 Å². The fraction of sp³-hybridized carbons (Fsp3) is 0.426. The molecule has 7 aromatic rings. The molecule has 6 atom stereocenters. The third-order valence-corrected chi connectivity index (χ3v) is 18.5. The van der Waals surface area contributed by atoms with Gasteiger partial charge in [-0.3, -0.25) is 33.5 Å². The first-order valence-corrected chi connectivity index (χ1v) is 29.5. The predicted octanol–water partition coefficient (Wildman–Crippen LogP) is 8.42. The average molecular weight is 1150 g/mol. The van der Waals surface area contributed by atoms with E-state index >= 15 is 0 Å². The molecule has 0 radical (unpaired) electrons. The predicted molar refractivity (Wildman–Crippen MR) is 313 cm³/mol. The molecule has 0 spiro atoms. The number of aromatic nitrogens is 4. The van der Waals surface area contributed by atoms with Crippen molar-refractivity contribution in [3.63, 3.8) is 0 Å². The molecule has 1 saturated carbocycles. The van der Waals surface area contributed by atoms with Crippen molar-refractivity contribution in [2.24, 2.45) is 16.3 Å². The summed E-state index contributed by atoms with van der Waals surface area (Å²) in [5.74, 6) is -0.0692. The van der Waals surface area contributed by atoms with Crippen molar-refractivity contribution in [1.82, 2.24) is 40.6 Å². The van der Waals surface area contributed by atoms with E-state index < -0.39 is 47.4 Å². The van der Waals surface area contributed by atoms with Crippen LogP contribution in [-0.4, -0.2) is 122 Å². The topological polar surface area (TPSA) is 236 Å². The molecule has 4 N–H and O–H groups in total. The summed E-state index contributed by atoms with van der Waals surface area (Å²) in [5.41, 5.74) is 9.19. The molecule has 0 bridgehead atoms. The Balaban J connectivity index is 0.669. The van der Waals surface area contributed by atoms with Gasteiger partial charge < -0.3 is 44.7 Å². The Hall–Kier alpha value is -7.75. The van der Waals surface area contributed by atoms with Crippen molar-refractivity contribution in [2.75, 3.05) is 31.6 Å². The van der Waals surface area contributed by atoms with Gasteiger partial charge in [-0.15, -0.1) is 32.9 Å². The van der Waals surface area contributed by atoms with Gasteiger partial charge in [0.25, 0.3) is 5.91 Å². The molecule has 428 valence electrons. The molecular formula is C61H68N10O9S2. The van der Waals surface area contributed by atoms with E-state index in [4.69, 9.17) is 18.9 Å². The lowest BCUT2D eigenvalue weighted by Gasteiger charge is -2.36. The number of carbonyl (C=O) groups excluding carboxylic acids is 5. The number of carbonyl (C=O) groups is 5. The van der Waals surface area contributed by atoms with E-state index in [-0.39, 0.29) is 61.1 Å². The number of esters is 1. The summed E-state index contributed by atoms with van der Waals surface area (Å²) in [4.78, 5) is 83.8. The number of β-amino-alcohol motifs (C(OH)–C–C–N with tert-alkyl or cyclic N) is 1. The maximum absolute atomic E-state index is 14.4. The molecule has 1 aliphatic carbocycles. The highest BCUT2D eigenvalue weighted by Crippen LogP contribution is 2.41. The number of likely N-dealkylation sites (tertiary alicyclic amines) is 1. The Morgan fingerprint density at radius 2 is 1.63 bits per heavy atom. The number of aliphatic hydroxyl groups excluding tert-OH is 1. The monoisotopic (exact) mass is 1150 g/mol. The first-order chi connectivity index (χ1) is 39.2. The SMILES string of the molecule is COC(=O)C[C@@H]1N=C(c2ccc(N3CCC(C(=O)NC4CC(Oc5ccc6oc(C(=O)NC(C(=O)N7C[C@H](O)C[C@H]7C(=O)N[C@@H](C)c7ccc(-c8scnc8C)cc7)C(C)(C)C)cc6c5)C4)C3)cc2)c2c(sc(C)c2C)-n2c(C)nnc21. The molecule has 3 fully saturated rings. The quantitative estimate of drug-likeness (QED) is 0.0707. The second-order valence-corrected chi connectivity index (χ2v) is 25.2. The van der Waals surface area contributed by atoms with Crippen LogP contribution in [0.5, 0.6) is 5.75 Å². The number of hydrogen-bond acceptors (Lipinski definition) is 16. The van der Waals surface area contributed by atoms with Gasteiger partial charge in [0.2, 0.25) is 17.7 Å². The van der Waals surface area contributed by atoms with E-state index in [0.717, 1.165) is 78.5 Å². The Kier molecular flexibility index (Phi) is 15.4. The number of hydrogen-bond donors (Lipinski definition) is 4. The van der Waals surface area contributed by atoms with Crippen LogP contribution in [0.15, 0.2) is 87.7 Å². The van der Waals surface area contributed by atoms with Gasteiger partial charge >= 0.3 is 5.97 Å². The number of amides is 4. The molecule has 4 amide bonds. The van der Waals surface area contributed by atoms with Crippen molar-refractivity contribution < 1.29 is 43.0 Å². The number of nitrogens with one attached hydrogen (secondary N) is 3. The van der Waals surface area contributed by atoms with E-state index in [1.165, 1.54) is 12.0 Å². The summed E-state index contributed by atoms with van der Waals surface area (Å²) >= 11 is 3.23. The van der Waals surface area contributed by atoms with Crippen molar-refractivity contribution in [2.45, 2.75) is 130 Å². The van der Waals surface area contributed by atoms with Crippen LogP contribution in [-0.2, 0) is 23.9 Å². The number of ether oxygens (including phenoxy) is 2. The number of anilines is 1. The summed E-state index contributed by atoms with van der Waals surface area (Å²) in [6.45, 7) is 16.7. The van der Waals surface area contributed by atoms with Crippen LogP contribution in [0.1, 0.15) is 127 Å². The van der Waals surface area contributed by atoms with Crippen LogP contribution in [0.2, 0.25) is 0 Å². The summed E-state index contributed by atoms with van der Waals surface area (Å²) in [7, 11) is 1.37. The summed E-state index contributed by atoms with van der Waals surface area (Å²) < 4.78 is 19.4.